The fourth-order valence-electron chi connectivity index (χ4n) is 2.24. The predicted octanol–water partition coefficient (Wildman–Crippen LogP) is 3.21. The van der Waals surface area contributed by atoms with Crippen molar-refractivity contribution in [2.24, 2.45) is 0 Å². The second kappa shape index (κ2) is 7.94. The molecular weight excluding hydrogens is 374 g/mol. The van der Waals surface area contributed by atoms with E-state index in [1.54, 1.807) is 0 Å². The van der Waals surface area contributed by atoms with Gasteiger partial charge in [0.2, 0.25) is 0 Å². The Morgan fingerprint density at radius 3 is 2.30 bits per heavy atom. The van der Waals surface area contributed by atoms with E-state index in [9.17, 15) is 27.2 Å². The number of hydrogen-bond donors (Lipinski definition) is 0. The molecule has 1 heterocycles. The summed E-state index contributed by atoms with van der Waals surface area (Å²) in [6.07, 6.45) is -0.0103. The smallest absolute Gasteiger partial charge is 0.465 e. The molecule has 0 aromatic heterocycles. The van der Waals surface area contributed by atoms with E-state index in [4.69, 9.17) is 0 Å². The Bertz CT molecular complexity index is 842. The Labute approximate surface area is 150 Å². The van der Waals surface area contributed by atoms with Crippen LogP contribution in [0.25, 0.3) is 0 Å². The number of benzene rings is 1. The van der Waals surface area contributed by atoms with Crippen LogP contribution in [0.4, 0.5) is 23.2 Å². The van der Waals surface area contributed by atoms with Crippen LogP contribution in [0.1, 0.15) is 0 Å². The van der Waals surface area contributed by atoms with Crippen molar-refractivity contribution in [2.45, 2.75) is 6.36 Å². The maximum Gasteiger partial charge on any atom is 0.573 e. The van der Waals surface area contributed by atoms with Crippen molar-refractivity contribution in [3.8, 4) is 5.75 Å². The van der Waals surface area contributed by atoms with Crippen molar-refractivity contribution in [1.82, 2.24) is 0 Å². The topological polar surface area (TPSA) is 65.1 Å². The van der Waals surface area contributed by atoms with Crippen LogP contribution in [0.2, 0.25) is 0 Å². The van der Waals surface area contributed by atoms with Gasteiger partial charge < -0.3 is 19.1 Å². The lowest BCUT2D eigenvalue weighted by Gasteiger charge is -2.24. The number of carbonyl (C=O) groups is 2. The monoisotopic (exact) mass is 387 g/mol. The minimum Gasteiger partial charge on any atom is -0.465 e. The molecule has 1 aliphatic rings. The summed E-state index contributed by atoms with van der Waals surface area (Å²) in [4.78, 5) is 25.1. The first-order chi connectivity index (χ1) is 12.7. The summed E-state index contributed by atoms with van der Waals surface area (Å²) >= 11 is 0. The summed E-state index contributed by atoms with van der Waals surface area (Å²) < 4.78 is 64.9. The standard InChI is InChI=1S/C17H13F4NO5/c1-25-15(23)10-6-3-4-9-22(14(10)16(24)26-2)11-7-5-8-12(13(11)18)27-17(19,20)21/h3-9H,1-2H3. The number of hydrogen-bond acceptors (Lipinski definition) is 6. The Kier molecular flexibility index (Phi) is 5.88. The van der Waals surface area contributed by atoms with E-state index in [0.717, 1.165) is 37.3 Å². The van der Waals surface area contributed by atoms with E-state index in [-0.39, 0.29) is 5.57 Å². The van der Waals surface area contributed by atoms with Crippen molar-refractivity contribution < 1.29 is 41.4 Å². The van der Waals surface area contributed by atoms with Crippen LogP contribution >= 0.6 is 0 Å². The lowest BCUT2D eigenvalue weighted by Crippen LogP contribution is -2.28. The second-order valence-electron chi connectivity index (χ2n) is 4.95. The SMILES string of the molecule is COC(=O)C1=C(C(=O)OC)N(c2cccc(OC(F)(F)F)c2F)C=CC=C1. The average Bonchev–Trinajstić information content (AvgIpc) is 2.84. The number of carbonyl (C=O) groups excluding carboxylic acids is 2. The molecule has 0 unspecified atom stereocenters. The van der Waals surface area contributed by atoms with Gasteiger partial charge in [-0.25, -0.2) is 14.0 Å². The first-order valence-electron chi connectivity index (χ1n) is 7.29. The number of alkyl halides is 3. The largest absolute Gasteiger partial charge is 0.573 e. The highest BCUT2D eigenvalue weighted by Crippen LogP contribution is 2.34. The van der Waals surface area contributed by atoms with Crippen molar-refractivity contribution >= 4 is 17.6 Å². The molecule has 144 valence electrons. The van der Waals surface area contributed by atoms with Gasteiger partial charge in [-0.2, -0.15) is 0 Å². The van der Waals surface area contributed by atoms with E-state index in [2.05, 4.69) is 14.2 Å². The van der Waals surface area contributed by atoms with Gasteiger partial charge in [0.25, 0.3) is 0 Å². The van der Waals surface area contributed by atoms with Gasteiger partial charge in [0.1, 0.15) is 5.70 Å². The molecule has 0 saturated carbocycles. The molecule has 27 heavy (non-hydrogen) atoms. The van der Waals surface area contributed by atoms with Gasteiger partial charge in [-0.3, -0.25) is 0 Å². The molecule has 0 aliphatic carbocycles. The van der Waals surface area contributed by atoms with Crippen LogP contribution in [0.5, 0.6) is 5.75 Å². The number of methoxy groups -OCH3 is 2. The lowest BCUT2D eigenvalue weighted by molar-refractivity contribution is -0.275. The first-order valence-corrected chi connectivity index (χ1v) is 7.29. The van der Waals surface area contributed by atoms with Crippen LogP contribution in [0.15, 0.2) is 53.9 Å². The number of allylic oxidation sites excluding steroid dienone is 2. The molecule has 0 N–H and O–H groups in total. The Morgan fingerprint density at radius 1 is 1.04 bits per heavy atom. The summed E-state index contributed by atoms with van der Waals surface area (Å²) in [6.45, 7) is 0. The van der Waals surface area contributed by atoms with Gasteiger partial charge in [-0.1, -0.05) is 12.1 Å². The van der Waals surface area contributed by atoms with E-state index in [0.29, 0.717) is 0 Å². The molecule has 10 heteroatoms. The van der Waals surface area contributed by atoms with Gasteiger partial charge in [-0.05, 0) is 24.3 Å². The number of esters is 2. The van der Waals surface area contributed by atoms with E-state index in [1.807, 2.05) is 0 Å². The molecular formula is C17H13F4NO5. The fourth-order valence-corrected chi connectivity index (χ4v) is 2.24. The zero-order valence-electron chi connectivity index (χ0n) is 14.0. The Hall–Kier alpha value is -3.30. The van der Waals surface area contributed by atoms with Crippen molar-refractivity contribution in [2.75, 3.05) is 19.1 Å². The number of ether oxygens (including phenoxy) is 3. The van der Waals surface area contributed by atoms with Crippen LogP contribution in [0, 0.1) is 5.82 Å². The average molecular weight is 387 g/mol. The number of rotatable bonds is 4. The number of halogens is 4. The summed E-state index contributed by atoms with van der Waals surface area (Å²) in [5, 5.41) is 0. The van der Waals surface area contributed by atoms with Gasteiger partial charge in [0, 0.05) is 6.20 Å². The summed E-state index contributed by atoms with van der Waals surface area (Å²) in [5.41, 5.74) is -1.20. The maximum atomic E-state index is 14.7. The minimum atomic E-state index is -5.12. The van der Waals surface area contributed by atoms with Crippen LogP contribution in [-0.2, 0) is 19.1 Å². The highest BCUT2D eigenvalue weighted by Gasteiger charge is 2.34. The minimum absolute atomic E-state index is 0.282. The molecule has 0 spiro atoms. The lowest BCUT2D eigenvalue weighted by atomic mass is 10.1. The van der Waals surface area contributed by atoms with Crippen LogP contribution < -0.4 is 9.64 Å². The van der Waals surface area contributed by atoms with E-state index < -0.39 is 41.3 Å². The molecule has 1 aromatic carbocycles. The maximum absolute atomic E-state index is 14.7. The molecule has 0 atom stereocenters. The summed E-state index contributed by atoms with van der Waals surface area (Å²) in [5.74, 6) is -4.46. The molecule has 1 aromatic rings. The number of nitrogens with zero attached hydrogens (tertiary/aromatic N) is 1. The fraction of sp³-hybridized carbons (Fsp3) is 0.176. The molecule has 0 bridgehead atoms. The molecule has 0 radical (unpaired) electrons. The normalized spacial score (nSPS) is 14.1. The third-order valence-corrected chi connectivity index (χ3v) is 3.32. The van der Waals surface area contributed by atoms with Gasteiger partial charge in [0.15, 0.2) is 11.6 Å². The zero-order valence-corrected chi connectivity index (χ0v) is 14.0. The van der Waals surface area contributed by atoms with Crippen LogP contribution in [-0.4, -0.2) is 32.5 Å². The van der Waals surface area contributed by atoms with Gasteiger partial charge >= 0.3 is 18.3 Å². The molecule has 0 fully saturated rings. The van der Waals surface area contributed by atoms with E-state index >= 15 is 0 Å². The molecule has 2 rings (SSSR count). The molecule has 6 nitrogen and oxygen atoms in total. The molecule has 0 amide bonds. The van der Waals surface area contributed by atoms with Crippen LogP contribution in [0.3, 0.4) is 0 Å². The third-order valence-electron chi connectivity index (χ3n) is 3.32. The Balaban J connectivity index is 2.66. The van der Waals surface area contributed by atoms with Gasteiger partial charge in [0.05, 0.1) is 25.5 Å². The highest BCUT2D eigenvalue weighted by atomic mass is 19.4. The predicted molar refractivity (Wildman–Crippen MR) is 84.9 cm³/mol. The third kappa shape index (κ3) is 4.46. The molecule has 1 aliphatic heterocycles. The summed E-state index contributed by atoms with van der Waals surface area (Å²) in [6, 6.07) is 2.97. The van der Waals surface area contributed by atoms with Crippen molar-refractivity contribution in [1.29, 1.82) is 0 Å². The van der Waals surface area contributed by atoms with Crippen molar-refractivity contribution in [3.05, 3.63) is 59.7 Å². The quantitative estimate of drug-likeness (QED) is 0.584. The second-order valence-corrected chi connectivity index (χ2v) is 4.95. The summed E-state index contributed by atoms with van der Waals surface area (Å²) in [7, 11) is 2.10. The highest BCUT2D eigenvalue weighted by molar-refractivity contribution is 6.05. The molecule has 0 saturated heterocycles. The Morgan fingerprint density at radius 2 is 1.70 bits per heavy atom. The van der Waals surface area contributed by atoms with Crippen molar-refractivity contribution in [3.63, 3.8) is 0 Å². The van der Waals surface area contributed by atoms with Gasteiger partial charge in [-0.15, -0.1) is 13.2 Å². The first kappa shape index (κ1) is 20.0. The zero-order chi connectivity index (χ0) is 20.2. The number of anilines is 1. The van der Waals surface area contributed by atoms with E-state index in [1.165, 1.54) is 24.4 Å².